The molecule has 1 spiro atoms. The van der Waals surface area contributed by atoms with E-state index in [1.165, 1.54) is 4.90 Å². The van der Waals surface area contributed by atoms with E-state index in [4.69, 9.17) is 0 Å². The van der Waals surface area contributed by atoms with Crippen LogP contribution in [0.25, 0.3) is 0 Å². The lowest BCUT2D eigenvalue weighted by atomic mass is 9.70. The molecule has 0 radical (unpaired) electrons. The number of benzene rings is 1. The number of β-amino-alcohol motifs (C(OH)–C–C–N with tert-alkyl or cyclic N) is 1. The Morgan fingerprint density at radius 1 is 1.13 bits per heavy atom. The number of fused-ring (bicyclic) bond motifs is 1. The molecule has 3 aliphatic rings. The molecule has 4 rings (SSSR count). The van der Waals surface area contributed by atoms with Crippen molar-refractivity contribution in [1.29, 1.82) is 0 Å². The molecule has 1 aromatic carbocycles. The second kappa shape index (κ2) is 12.1. The highest BCUT2D eigenvalue weighted by Crippen LogP contribution is 2.68. The van der Waals surface area contributed by atoms with E-state index in [1.54, 1.807) is 40.8 Å². The number of hydrogen-bond donors (Lipinski definition) is 1. The number of hydrogen-bond acceptors (Lipinski definition) is 6. The molecule has 212 valence electrons. The normalized spacial score (nSPS) is 28.8. The van der Waals surface area contributed by atoms with Gasteiger partial charge in [-0.25, -0.2) is 0 Å². The largest absolute Gasteiger partial charge is 0.395 e. The lowest BCUT2D eigenvalue weighted by Gasteiger charge is -2.38. The Labute approximate surface area is 244 Å². The van der Waals surface area contributed by atoms with E-state index in [1.807, 2.05) is 24.3 Å². The smallest absolute Gasteiger partial charge is 0.251 e. The summed E-state index contributed by atoms with van der Waals surface area (Å²) in [5, 5.41) is 9.79. The fourth-order valence-corrected chi connectivity index (χ4v) is 10.2. The van der Waals surface area contributed by atoms with Gasteiger partial charge in [0.05, 0.1) is 23.2 Å². The van der Waals surface area contributed by atoms with Crippen molar-refractivity contribution in [2.45, 2.75) is 41.1 Å². The highest BCUT2D eigenvalue weighted by molar-refractivity contribution is 9.09. The van der Waals surface area contributed by atoms with Crippen molar-refractivity contribution in [1.82, 2.24) is 9.80 Å². The van der Waals surface area contributed by atoms with E-state index < -0.39 is 22.6 Å². The number of anilines is 2. The van der Waals surface area contributed by atoms with Crippen molar-refractivity contribution in [3.05, 3.63) is 49.6 Å². The molecule has 2 bridgehead atoms. The van der Waals surface area contributed by atoms with Gasteiger partial charge in [0.2, 0.25) is 11.8 Å². The molecule has 3 unspecified atom stereocenters. The Kier molecular flexibility index (Phi) is 9.18. The van der Waals surface area contributed by atoms with E-state index >= 15 is 0 Å². The minimum Gasteiger partial charge on any atom is -0.395 e. The summed E-state index contributed by atoms with van der Waals surface area (Å²) in [4.78, 5) is 49.1. The van der Waals surface area contributed by atoms with Crippen LogP contribution in [0.5, 0.6) is 0 Å². The first kappa shape index (κ1) is 29.7. The maximum absolute atomic E-state index is 14.5. The standard InChI is InChI=1S/C29H39BrN4O4S/c1-6-14-31(5)26(36)22-23-27(37)34(16-17-35)25(29(23)18-21(30)24(22)39-29)28(38)33(15-7-2)20-12-10-19(11-13-20)32(8-3)9-4/h6-7,10-13,21-25,35H,1-2,8-9,14-18H2,3-5H3/t21?,22-,23-,24-,25?,29?/m0/s1. The molecule has 6 atom stereocenters. The van der Waals surface area contributed by atoms with Crippen molar-refractivity contribution in [2.75, 3.05) is 56.2 Å². The van der Waals surface area contributed by atoms with Crippen molar-refractivity contribution in [2.24, 2.45) is 11.8 Å². The molecule has 0 aromatic heterocycles. The van der Waals surface area contributed by atoms with Gasteiger partial charge in [-0.1, -0.05) is 28.1 Å². The topological polar surface area (TPSA) is 84.4 Å². The van der Waals surface area contributed by atoms with Gasteiger partial charge in [0.25, 0.3) is 5.91 Å². The molecule has 3 heterocycles. The van der Waals surface area contributed by atoms with Crippen LogP contribution in [0.2, 0.25) is 0 Å². The van der Waals surface area contributed by atoms with Crippen LogP contribution in [-0.2, 0) is 14.4 Å². The fourth-order valence-electron chi connectivity index (χ4n) is 6.61. The monoisotopic (exact) mass is 618 g/mol. The zero-order valence-electron chi connectivity index (χ0n) is 23.0. The van der Waals surface area contributed by atoms with Crippen LogP contribution in [-0.4, -0.2) is 99.9 Å². The van der Waals surface area contributed by atoms with Gasteiger partial charge in [-0.05, 0) is 44.5 Å². The predicted molar refractivity (Wildman–Crippen MR) is 161 cm³/mol. The van der Waals surface area contributed by atoms with E-state index in [0.29, 0.717) is 13.0 Å². The highest BCUT2D eigenvalue weighted by Gasteiger charge is 2.76. The summed E-state index contributed by atoms with van der Waals surface area (Å²) < 4.78 is -0.766. The SMILES string of the molecule is C=CCN(C)C(=O)[C@H]1[C@H]2C(=O)N(CCO)C(C(=O)N(CC=C)c3ccc(N(CC)CC)cc3)C23CC(Br)[C@@H]1S3. The maximum atomic E-state index is 14.5. The first-order valence-corrected chi connectivity index (χ1v) is 15.4. The van der Waals surface area contributed by atoms with Gasteiger partial charge < -0.3 is 24.7 Å². The lowest BCUT2D eigenvalue weighted by molar-refractivity contribution is -0.143. The molecular weight excluding hydrogens is 580 g/mol. The van der Waals surface area contributed by atoms with E-state index in [0.717, 1.165) is 24.5 Å². The minimum atomic E-state index is -0.804. The van der Waals surface area contributed by atoms with Gasteiger partial charge in [0.15, 0.2) is 0 Å². The predicted octanol–water partition coefficient (Wildman–Crippen LogP) is 3.15. The first-order chi connectivity index (χ1) is 18.7. The zero-order valence-corrected chi connectivity index (χ0v) is 25.4. The third-order valence-corrected chi connectivity index (χ3v) is 11.5. The molecule has 39 heavy (non-hydrogen) atoms. The zero-order chi connectivity index (χ0) is 28.5. The van der Waals surface area contributed by atoms with Gasteiger partial charge in [-0.15, -0.1) is 24.9 Å². The average Bonchev–Trinajstić information content (AvgIpc) is 3.51. The van der Waals surface area contributed by atoms with Crippen LogP contribution in [0, 0.1) is 11.8 Å². The average molecular weight is 620 g/mol. The molecule has 8 nitrogen and oxygen atoms in total. The fraction of sp³-hybridized carbons (Fsp3) is 0.552. The number of carbonyl (C=O) groups is 3. The summed E-state index contributed by atoms with van der Waals surface area (Å²) in [5.74, 6) is -1.72. The number of likely N-dealkylation sites (tertiary alicyclic amines) is 1. The molecule has 3 fully saturated rings. The van der Waals surface area contributed by atoms with Crippen molar-refractivity contribution in [3.8, 4) is 0 Å². The maximum Gasteiger partial charge on any atom is 0.251 e. The Morgan fingerprint density at radius 2 is 1.74 bits per heavy atom. The summed E-state index contributed by atoms with van der Waals surface area (Å²) >= 11 is 5.39. The van der Waals surface area contributed by atoms with Crippen molar-refractivity contribution in [3.63, 3.8) is 0 Å². The number of likely N-dealkylation sites (N-methyl/N-ethyl adjacent to an activating group) is 1. The van der Waals surface area contributed by atoms with Crippen LogP contribution in [0.3, 0.4) is 0 Å². The Bertz CT molecular complexity index is 1110. The number of aliphatic hydroxyl groups is 1. The lowest BCUT2D eigenvalue weighted by Crippen LogP contribution is -2.56. The molecule has 0 saturated carbocycles. The van der Waals surface area contributed by atoms with Crippen LogP contribution in [0.4, 0.5) is 11.4 Å². The van der Waals surface area contributed by atoms with E-state index in [-0.39, 0.29) is 47.5 Å². The quantitative estimate of drug-likeness (QED) is 0.286. The minimum absolute atomic E-state index is 0.0109. The first-order valence-electron chi connectivity index (χ1n) is 13.6. The number of thioether (sulfide) groups is 1. The molecule has 1 N–H and O–H groups in total. The van der Waals surface area contributed by atoms with E-state index in [9.17, 15) is 19.5 Å². The van der Waals surface area contributed by atoms with Crippen LogP contribution >= 0.6 is 27.7 Å². The number of aliphatic hydroxyl groups excluding tert-OH is 1. The molecule has 1 aromatic rings. The molecule has 10 heteroatoms. The molecule has 3 amide bonds. The second-order valence-electron chi connectivity index (χ2n) is 10.4. The number of halogens is 1. The van der Waals surface area contributed by atoms with Crippen LogP contribution in [0.15, 0.2) is 49.6 Å². The number of amides is 3. The summed E-state index contributed by atoms with van der Waals surface area (Å²) in [6, 6.07) is 7.07. The summed E-state index contributed by atoms with van der Waals surface area (Å²) in [6.07, 6.45) is 3.94. The van der Waals surface area contributed by atoms with Gasteiger partial charge in [0.1, 0.15) is 6.04 Å². The molecule has 3 aliphatic heterocycles. The third kappa shape index (κ3) is 4.93. The van der Waals surface area contributed by atoms with Gasteiger partial charge in [-0.2, -0.15) is 0 Å². The Hall–Kier alpha value is -2.30. The molecule has 3 saturated heterocycles. The van der Waals surface area contributed by atoms with Crippen LogP contribution < -0.4 is 9.80 Å². The number of nitrogens with zero attached hydrogens (tertiary/aromatic N) is 4. The third-order valence-electron chi connectivity index (χ3n) is 8.30. The summed E-state index contributed by atoms with van der Waals surface area (Å²) in [6.45, 7) is 14.0. The van der Waals surface area contributed by atoms with Gasteiger partial charge >= 0.3 is 0 Å². The molecular formula is C29H39BrN4O4S. The summed E-state index contributed by atoms with van der Waals surface area (Å²) in [7, 11) is 1.72. The van der Waals surface area contributed by atoms with Crippen molar-refractivity contribution >= 4 is 56.8 Å². The highest BCUT2D eigenvalue weighted by atomic mass is 79.9. The van der Waals surface area contributed by atoms with Crippen molar-refractivity contribution < 1.29 is 19.5 Å². The van der Waals surface area contributed by atoms with Gasteiger partial charge in [0, 0.05) is 61.2 Å². The number of carbonyl (C=O) groups excluding carboxylic acids is 3. The Morgan fingerprint density at radius 3 is 2.31 bits per heavy atom. The second-order valence-corrected chi connectivity index (χ2v) is 13.1. The number of rotatable bonds is 12. The molecule has 0 aliphatic carbocycles. The Balaban J connectivity index is 1.74. The van der Waals surface area contributed by atoms with Crippen LogP contribution in [0.1, 0.15) is 20.3 Å². The van der Waals surface area contributed by atoms with Gasteiger partial charge in [-0.3, -0.25) is 14.4 Å². The van der Waals surface area contributed by atoms with E-state index in [2.05, 4.69) is 47.8 Å². The summed E-state index contributed by atoms with van der Waals surface area (Å²) in [5.41, 5.74) is 1.79. The number of alkyl halides is 1.